The predicted molar refractivity (Wildman–Crippen MR) is 82.5 cm³/mol. The van der Waals surface area contributed by atoms with Crippen LogP contribution in [-0.4, -0.2) is 22.0 Å². The Kier molecular flexibility index (Phi) is 3.54. The van der Waals surface area contributed by atoms with E-state index in [9.17, 15) is 9.90 Å². The number of aliphatic hydroxyl groups excluding tert-OH is 1. The number of fused-ring (bicyclic) bond motifs is 1. The molecule has 1 saturated carbocycles. The highest BCUT2D eigenvalue weighted by atomic mass is 16.3. The van der Waals surface area contributed by atoms with Crippen LogP contribution in [0.5, 0.6) is 0 Å². The van der Waals surface area contributed by atoms with Crippen molar-refractivity contribution in [2.24, 2.45) is 5.41 Å². The van der Waals surface area contributed by atoms with Crippen molar-refractivity contribution >= 4 is 11.9 Å². The zero-order valence-corrected chi connectivity index (χ0v) is 12.6. The molecule has 2 atom stereocenters. The molecular formula is C18H21NO2. The van der Waals surface area contributed by atoms with E-state index in [0.717, 1.165) is 41.5 Å². The van der Waals surface area contributed by atoms with Crippen molar-refractivity contribution < 1.29 is 9.90 Å². The third-order valence-corrected chi connectivity index (χ3v) is 5.02. The van der Waals surface area contributed by atoms with Gasteiger partial charge >= 0.3 is 0 Å². The van der Waals surface area contributed by atoms with Crippen LogP contribution in [0.4, 0.5) is 0 Å². The van der Waals surface area contributed by atoms with Crippen molar-refractivity contribution in [2.75, 3.05) is 0 Å². The van der Waals surface area contributed by atoms with Gasteiger partial charge in [-0.15, -0.1) is 0 Å². The van der Waals surface area contributed by atoms with E-state index in [2.05, 4.69) is 11.9 Å². The van der Waals surface area contributed by atoms with Gasteiger partial charge < -0.3 is 5.11 Å². The van der Waals surface area contributed by atoms with Crippen LogP contribution in [0.2, 0.25) is 0 Å². The molecule has 3 rings (SSSR count). The molecule has 0 unspecified atom stereocenters. The average molecular weight is 283 g/mol. The molecule has 3 heteroatoms. The second-order valence-electron chi connectivity index (χ2n) is 6.39. The topological polar surface area (TPSA) is 50.2 Å². The molecule has 2 aliphatic carbocycles. The number of carbonyl (C=O) groups excluding carboxylic acids is 1. The molecule has 0 aromatic carbocycles. The smallest absolute Gasteiger partial charge is 0.184 e. The summed E-state index contributed by atoms with van der Waals surface area (Å²) in [7, 11) is 0. The molecule has 3 nitrogen and oxygen atoms in total. The molecule has 1 aromatic rings. The van der Waals surface area contributed by atoms with Crippen LogP contribution >= 0.6 is 0 Å². The Morgan fingerprint density at radius 1 is 1.38 bits per heavy atom. The lowest BCUT2D eigenvalue weighted by Gasteiger charge is -2.45. The lowest BCUT2D eigenvalue weighted by Crippen LogP contribution is -2.42. The highest BCUT2D eigenvalue weighted by Gasteiger charge is 2.45. The van der Waals surface area contributed by atoms with E-state index in [1.54, 1.807) is 12.4 Å². The van der Waals surface area contributed by atoms with Gasteiger partial charge in [-0.2, -0.15) is 0 Å². The number of pyridine rings is 1. The molecule has 1 fully saturated rings. The molecule has 1 N–H and O–H groups in total. The zero-order chi connectivity index (χ0) is 15.0. The van der Waals surface area contributed by atoms with Crippen LogP contribution in [0.15, 0.2) is 41.2 Å². The maximum Gasteiger partial charge on any atom is 0.184 e. The maximum atomic E-state index is 12.6. The van der Waals surface area contributed by atoms with Gasteiger partial charge in [0.2, 0.25) is 0 Å². The van der Waals surface area contributed by atoms with Crippen LogP contribution in [-0.2, 0) is 4.79 Å². The van der Waals surface area contributed by atoms with Crippen molar-refractivity contribution in [3.63, 3.8) is 0 Å². The van der Waals surface area contributed by atoms with E-state index >= 15 is 0 Å². The number of carbonyl (C=O) groups is 1. The number of hydrogen-bond donors (Lipinski definition) is 1. The van der Waals surface area contributed by atoms with Crippen molar-refractivity contribution in [1.29, 1.82) is 0 Å². The van der Waals surface area contributed by atoms with Gasteiger partial charge in [0.15, 0.2) is 5.78 Å². The quantitative estimate of drug-likeness (QED) is 0.804. The van der Waals surface area contributed by atoms with Crippen molar-refractivity contribution in [2.45, 2.75) is 45.6 Å². The molecule has 0 aliphatic heterocycles. The number of rotatable bonds is 1. The van der Waals surface area contributed by atoms with Gasteiger partial charge in [-0.25, -0.2) is 0 Å². The number of allylic oxidation sites excluding steroid dienone is 2. The fourth-order valence-electron chi connectivity index (χ4n) is 3.75. The Morgan fingerprint density at radius 3 is 2.81 bits per heavy atom. The molecule has 0 amide bonds. The maximum absolute atomic E-state index is 12.6. The average Bonchev–Trinajstić information content (AvgIpc) is 2.48. The van der Waals surface area contributed by atoms with Crippen molar-refractivity contribution in [3.8, 4) is 0 Å². The summed E-state index contributed by atoms with van der Waals surface area (Å²) in [4.78, 5) is 16.6. The van der Waals surface area contributed by atoms with Gasteiger partial charge in [-0.3, -0.25) is 9.78 Å². The molecule has 1 heterocycles. The lowest BCUT2D eigenvalue weighted by molar-refractivity contribution is -0.113. The Labute approximate surface area is 125 Å². The third kappa shape index (κ3) is 2.36. The summed E-state index contributed by atoms with van der Waals surface area (Å²) < 4.78 is 0. The summed E-state index contributed by atoms with van der Waals surface area (Å²) in [5.41, 5.74) is 3.50. The van der Waals surface area contributed by atoms with Crippen molar-refractivity contribution in [1.82, 2.24) is 4.98 Å². The Bertz CT molecular complexity index is 630. The summed E-state index contributed by atoms with van der Waals surface area (Å²) >= 11 is 0. The van der Waals surface area contributed by atoms with E-state index in [1.807, 2.05) is 25.1 Å². The zero-order valence-electron chi connectivity index (χ0n) is 12.6. The number of Topliss-reactive ketones (excluding diaryl/α,β-unsaturated/α-hetero) is 1. The van der Waals surface area contributed by atoms with Gasteiger partial charge in [0.05, 0.1) is 6.10 Å². The van der Waals surface area contributed by atoms with E-state index < -0.39 is 0 Å². The second kappa shape index (κ2) is 5.23. The van der Waals surface area contributed by atoms with E-state index in [-0.39, 0.29) is 17.3 Å². The molecule has 110 valence electrons. The monoisotopic (exact) mass is 283 g/mol. The summed E-state index contributed by atoms with van der Waals surface area (Å²) in [6.07, 6.45) is 8.40. The first-order valence-corrected chi connectivity index (χ1v) is 7.56. The molecule has 21 heavy (non-hydrogen) atoms. The number of nitrogens with zero attached hydrogens (tertiary/aromatic N) is 1. The van der Waals surface area contributed by atoms with Gasteiger partial charge in [-0.05, 0) is 62.0 Å². The van der Waals surface area contributed by atoms with Crippen LogP contribution in [0.1, 0.15) is 45.1 Å². The molecule has 1 aromatic heterocycles. The SMILES string of the molecule is CC1=C2CCC[C@H](O)[C@@]2(C)CC(=Cc2ccncc2)C1=O. The standard InChI is InChI=1S/C18H21NO2/c1-12-15-4-3-5-16(20)18(15,2)11-14(17(12)21)10-13-6-8-19-9-7-13/h6-10,16,20H,3-5,11H2,1-2H3/t16-,18-/m0/s1. The molecular weight excluding hydrogens is 262 g/mol. The Balaban J connectivity index is 2.05. The second-order valence-corrected chi connectivity index (χ2v) is 6.39. The lowest BCUT2D eigenvalue weighted by atomic mass is 9.61. The molecule has 2 aliphatic rings. The first-order valence-electron chi connectivity index (χ1n) is 7.56. The minimum absolute atomic E-state index is 0.133. The first-order chi connectivity index (χ1) is 10.0. The van der Waals surface area contributed by atoms with Crippen LogP contribution in [0.25, 0.3) is 6.08 Å². The molecule has 0 radical (unpaired) electrons. The largest absolute Gasteiger partial charge is 0.392 e. The van der Waals surface area contributed by atoms with Gasteiger partial charge in [0, 0.05) is 23.4 Å². The van der Waals surface area contributed by atoms with Gasteiger partial charge in [-0.1, -0.05) is 12.5 Å². The molecule has 0 spiro atoms. The van der Waals surface area contributed by atoms with Gasteiger partial charge in [0.1, 0.15) is 0 Å². The highest BCUT2D eigenvalue weighted by Crippen LogP contribution is 2.50. The predicted octanol–water partition coefficient (Wildman–Crippen LogP) is 3.31. The van der Waals surface area contributed by atoms with Crippen LogP contribution in [0.3, 0.4) is 0 Å². The van der Waals surface area contributed by atoms with Crippen molar-refractivity contribution in [3.05, 3.63) is 46.8 Å². The fraction of sp³-hybridized carbons (Fsp3) is 0.444. The van der Waals surface area contributed by atoms with E-state index in [0.29, 0.717) is 6.42 Å². The minimum Gasteiger partial charge on any atom is -0.392 e. The van der Waals surface area contributed by atoms with E-state index in [4.69, 9.17) is 0 Å². The number of aromatic nitrogens is 1. The fourth-order valence-corrected chi connectivity index (χ4v) is 3.75. The third-order valence-electron chi connectivity index (χ3n) is 5.02. The minimum atomic E-state index is -0.356. The van der Waals surface area contributed by atoms with E-state index in [1.165, 1.54) is 0 Å². The summed E-state index contributed by atoms with van der Waals surface area (Å²) in [5, 5.41) is 10.5. The molecule has 0 bridgehead atoms. The summed E-state index contributed by atoms with van der Waals surface area (Å²) in [6, 6.07) is 3.79. The Morgan fingerprint density at radius 2 is 2.10 bits per heavy atom. The summed E-state index contributed by atoms with van der Waals surface area (Å²) in [5.74, 6) is 0.133. The number of ketones is 1. The first kappa shape index (κ1) is 14.2. The normalized spacial score (nSPS) is 31.5. The number of hydrogen-bond acceptors (Lipinski definition) is 3. The van der Waals surface area contributed by atoms with Crippen LogP contribution < -0.4 is 0 Å². The highest BCUT2D eigenvalue weighted by molar-refractivity contribution is 6.12. The number of aliphatic hydroxyl groups is 1. The van der Waals surface area contributed by atoms with Crippen LogP contribution in [0, 0.1) is 5.41 Å². The molecule has 0 saturated heterocycles. The Hall–Kier alpha value is -1.74. The van der Waals surface area contributed by atoms with Gasteiger partial charge in [0.25, 0.3) is 0 Å². The summed E-state index contributed by atoms with van der Waals surface area (Å²) in [6.45, 7) is 4.01.